The third kappa shape index (κ3) is 6.25. The Balaban J connectivity index is 2.67. The lowest BCUT2D eigenvalue weighted by Gasteiger charge is -2.26. The summed E-state index contributed by atoms with van der Waals surface area (Å²) < 4.78 is 5.36. The van der Waals surface area contributed by atoms with Crippen LogP contribution < -0.4 is 10.6 Å². The molecule has 0 aliphatic heterocycles. The van der Waals surface area contributed by atoms with Gasteiger partial charge in [0.2, 0.25) is 0 Å². The van der Waals surface area contributed by atoms with Crippen LogP contribution >= 0.6 is 0 Å². The largest absolute Gasteiger partial charge is 0.459 e. The van der Waals surface area contributed by atoms with E-state index in [0.29, 0.717) is 6.54 Å². The van der Waals surface area contributed by atoms with Crippen LogP contribution in [0.5, 0.6) is 0 Å². The zero-order chi connectivity index (χ0) is 14.3. The van der Waals surface area contributed by atoms with E-state index < -0.39 is 5.60 Å². The first kappa shape index (κ1) is 15.5. The predicted molar refractivity (Wildman–Crippen MR) is 78.2 cm³/mol. The number of ether oxygens (including phenoxy) is 1. The monoisotopic (exact) mass is 264 g/mol. The normalized spacial score (nSPS) is 11.2. The molecule has 0 bridgehead atoms. The number of hydrogen-bond acceptors (Lipinski definition) is 4. The predicted octanol–water partition coefficient (Wildman–Crippen LogP) is 2.18. The van der Waals surface area contributed by atoms with E-state index in [9.17, 15) is 4.79 Å². The van der Waals surface area contributed by atoms with E-state index in [4.69, 9.17) is 10.5 Å². The zero-order valence-corrected chi connectivity index (χ0v) is 12.1. The Morgan fingerprint density at radius 1 is 1.26 bits per heavy atom. The van der Waals surface area contributed by atoms with Crippen molar-refractivity contribution >= 4 is 11.7 Å². The molecule has 1 aromatic carbocycles. The summed E-state index contributed by atoms with van der Waals surface area (Å²) >= 11 is 0. The summed E-state index contributed by atoms with van der Waals surface area (Å²) in [7, 11) is 0. The lowest BCUT2D eigenvalue weighted by atomic mass is 10.2. The molecule has 0 spiro atoms. The number of hydrogen-bond donors (Lipinski definition) is 1. The highest BCUT2D eigenvalue weighted by Gasteiger charge is 2.19. The topological polar surface area (TPSA) is 55.6 Å². The molecule has 0 saturated heterocycles. The summed E-state index contributed by atoms with van der Waals surface area (Å²) in [5, 5.41) is 0. The summed E-state index contributed by atoms with van der Waals surface area (Å²) in [5.74, 6) is -0.214. The summed E-state index contributed by atoms with van der Waals surface area (Å²) in [6.07, 6.45) is 0.845. The SMILES string of the molecule is CC(C)(C)OC(=O)CN(CCCN)c1ccccc1. The number of carbonyl (C=O) groups is 1. The van der Waals surface area contributed by atoms with Crippen LogP contribution in [0.3, 0.4) is 0 Å². The van der Waals surface area contributed by atoms with Gasteiger partial charge in [0.1, 0.15) is 12.1 Å². The molecule has 106 valence electrons. The Morgan fingerprint density at radius 3 is 2.42 bits per heavy atom. The van der Waals surface area contributed by atoms with E-state index in [0.717, 1.165) is 18.7 Å². The molecule has 0 amide bonds. The van der Waals surface area contributed by atoms with Crippen molar-refractivity contribution in [2.24, 2.45) is 5.73 Å². The van der Waals surface area contributed by atoms with Crippen LogP contribution in [-0.2, 0) is 9.53 Å². The summed E-state index contributed by atoms with van der Waals surface area (Å²) in [4.78, 5) is 13.9. The van der Waals surface area contributed by atoms with E-state index in [1.807, 2.05) is 56.0 Å². The molecule has 1 rings (SSSR count). The van der Waals surface area contributed by atoms with Gasteiger partial charge in [-0.15, -0.1) is 0 Å². The molecular weight excluding hydrogens is 240 g/mol. The fourth-order valence-electron chi connectivity index (χ4n) is 1.75. The Bertz CT molecular complexity index is 385. The molecule has 4 nitrogen and oxygen atoms in total. The second-order valence-corrected chi connectivity index (χ2v) is 5.49. The number of carbonyl (C=O) groups excluding carboxylic acids is 1. The lowest BCUT2D eigenvalue weighted by molar-refractivity contribution is -0.153. The third-order valence-electron chi connectivity index (χ3n) is 2.49. The van der Waals surface area contributed by atoms with E-state index in [-0.39, 0.29) is 12.5 Å². The van der Waals surface area contributed by atoms with Crippen molar-refractivity contribution in [3.8, 4) is 0 Å². The minimum atomic E-state index is -0.451. The maximum atomic E-state index is 11.9. The average Bonchev–Trinajstić information content (AvgIpc) is 2.33. The smallest absolute Gasteiger partial charge is 0.326 e. The number of para-hydroxylation sites is 1. The Kier molecular flexibility index (Phi) is 5.83. The van der Waals surface area contributed by atoms with Gasteiger partial charge < -0.3 is 15.4 Å². The van der Waals surface area contributed by atoms with Crippen LogP contribution in [0.2, 0.25) is 0 Å². The molecule has 0 aliphatic carbocycles. The highest BCUT2D eigenvalue weighted by Crippen LogP contribution is 2.15. The number of nitrogens with two attached hydrogens (primary N) is 1. The molecule has 0 saturated carbocycles. The van der Waals surface area contributed by atoms with Crippen molar-refractivity contribution in [2.75, 3.05) is 24.5 Å². The van der Waals surface area contributed by atoms with E-state index >= 15 is 0 Å². The molecule has 0 aliphatic rings. The van der Waals surface area contributed by atoms with Crippen molar-refractivity contribution < 1.29 is 9.53 Å². The van der Waals surface area contributed by atoms with Crippen molar-refractivity contribution in [3.05, 3.63) is 30.3 Å². The molecule has 4 heteroatoms. The molecule has 0 aromatic heterocycles. The average molecular weight is 264 g/mol. The molecule has 0 fully saturated rings. The zero-order valence-electron chi connectivity index (χ0n) is 12.1. The standard InChI is InChI=1S/C15H24N2O2/c1-15(2,3)19-14(18)12-17(11-7-10-16)13-8-5-4-6-9-13/h4-6,8-9H,7,10-12,16H2,1-3H3. The summed E-state index contributed by atoms with van der Waals surface area (Å²) in [6, 6.07) is 9.85. The van der Waals surface area contributed by atoms with Crippen LogP contribution in [0.25, 0.3) is 0 Å². The number of rotatable bonds is 6. The molecule has 0 atom stereocenters. The number of nitrogens with zero attached hydrogens (tertiary/aromatic N) is 1. The van der Waals surface area contributed by atoms with Crippen LogP contribution in [0.4, 0.5) is 5.69 Å². The Morgan fingerprint density at radius 2 is 1.89 bits per heavy atom. The number of anilines is 1. The first-order chi connectivity index (χ1) is 8.92. The molecule has 2 N–H and O–H groups in total. The van der Waals surface area contributed by atoms with Gasteiger partial charge in [-0.1, -0.05) is 18.2 Å². The Labute approximate surface area is 115 Å². The number of benzene rings is 1. The van der Waals surface area contributed by atoms with Gasteiger partial charge in [0.05, 0.1) is 0 Å². The van der Waals surface area contributed by atoms with Gasteiger partial charge in [-0.3, -0.25) is 4.79 Å². The fourth-order valence-corrected chi connectivity index (χ4v) is 1.75. The second-order valence-electron chi connectivity index (χ2n) is 5.49. The van der Waals surface area contributed by atoms with Crippen molar-refractivity contribution in [1.29, 1.82) is 0 Å². The van der Waals surface area contributed by atoms with E-state index in [1.165, 1.54) is 0 Å². The highest BCUT2D eigenvalue weighted by molar-refractivity contribution is 5.76. The molecule has 0 unspecified atom stereocenters. The van der Waals surface area contributed by atoms with Gasteiger partial charge in [0.25, 0.3) is 0 Å². The summed E-state index contributed by atoms with van der Waals surface area (Å²) in [6.45, 7) is 7.23. The quantitative estimate of drug-likeness (QED) is 0.800. The third-order valence-corrected chi connectivity index (χ3v) is 2.49. The maximum absolute atomic E-state index is 11.9. The first-order valence-corrected chi connectivity index (χ1v) is 6.64. The van der Waals surface area contributed by atoms with E-state index in [1.54, 1.807) is 0 Å². The number of esters is 1. The van der Waals surface area contributed by atoms with Crippen molar-refractivity contribution in [2.45, 2.75) is 32.8 Å². The molecule has 19 heavy (non-hydrogen) atoms. The molecule has 0 heterocycles. The van der Waals surface area contributed by atoms with Crippen LogP contribution in [0.1, 0.15) is 27.2 Å². The molecular formula is C15H24N2O2. The van der Waals surface area contributed by atoms with Crippen molar-refractivity contribution in [1.82, 2.24) is 0 Å². The van der Waals surface area contributed by atoms with Crippen LogP contribution in [0.15, 0.2) is 30.3 Å². The fraction of sp³-hybridized carbons (Fsp3) is 0.533. The van der Waals surface area contributed by atoms with Gasteiger partial charge in [-0.05, 0) is 45.9 Å². The van der Waals surface area contributed by atoms with Crippen molar-refractivity contribution in [3.63, 3.8) is 0 Å². The maximum Gasteiger partial charge on any atom is 0.326 e. The summed E-state index contributed by atoms with van der Waals surface area (Å²) in [5.41, 5.74) is 6.11. The Hall–Kier alpha value is -1.55. The van der Waals surface area contributed by atoms with Gasteiger partial charge in [-0.2, -0.15) is 0 Å². The first-order valence-electron chi connectivity index (χ1n) is 6.64. The minimum Gasteiger partial charge on any atom is -0.459 e. The van der Waals surface area contributed by atoms with E-state index in [2.05, 4.69) is 0 Å². The minimum absolute atomic E-state index is 0.214. The molecule has 0 radical (unpaired) electrons. The van der Waals surface area contributed by atoms with Gasteiger partial charge in [0.15, 0.2) is 0 Å². The lowest BCUT2D eigenvalue weighted by Crippen LogP contribution is -2.36. The second kappa shape index (κ2) is 7.14. The molecule has 1 aromatic rings. The highest BCUT2D eigenvalue weighted by atomic mass is 16.6. The van der Waals surface area contributed by atoms with Crippen LogP contribution in [-0.4, -0.2) is 31.2 Å². The van der Waals surface area contributed by atoms with Gasteiger partial charge in [-0.25, -0.2) is 0 Å². The van der Waals surface area contributed by atoms with Crippen LogP contribution in [0, 0.1) is 0 Å². The van der Waals surface area contributed by atoms with Gasteiger partial charge in [0, 0.05) is 12.2 Å². The van der Waals surface area contributed by atoms with Gasteiger partial charge >= 0.3 is 5.97 Å².